The monoisotopic (exact) mass is 193 g/mol. The molecule has 0 aliphatic carbocycles. The quantitative estimate of drug-likeness (QED) is 0.770. The van der Waals surface area contributed by atoms with Crippen molar-refractivity contribution in [3.05, 3.63) is 30.3 Å². The highest BCUT2D eigenvalue weighted by molar-refractivity contribution is 5.77. The summed E-state index contributed by atoms with van der Waals surface area (Å²) in [6, 6.07) is 8.84. The van der Waals surface area contributed by atoms with Gasteiger partial charge in [-0.05, 0) is 18.1 Å². The topological polar surface area (TPSA) is 49.3 Å². The Morgan fingerprint density at radius 2 is 1.86 bits per heavy atom. The molecule has 0 spiro atoms. The first-order valence-electron chi connectivity index (χ1n) is 4.65. The number of hydrogen-bond acceptors (Lipinski definition) is 2. The van der Waals surface area contributed by atoms with Crippen LogP contribution in [0.1, 0.15) is 13.8 Å². The van der Waals surface area contributed by atoms with Crippen molar-refractivity contribution < 1.29 is 9.90 Å². The number of carboxylic acids is 1. The van der Waals surface area contributed by atoms with E-state index in [1.807, 2.05) is 44.2 Å². The van der Waals surface area contributed by atoms with Gasteiger partial charge in [-0.1, -0.05) is 32.0 Å². The minimum absolute atomic E-state index is 0.0627. The van der Waals surface area contributed by atoms with Gasteiger partial charge in [-0.15, -0.1) is 0 Å². The first-order chi connectivity index (χ1) is 6.61. The highest BCUT2D eigenvalue weighted by atomic mass is 16.4. The Morgan fingerprint density at radius 3 is 2.29 bits per heavy atom. The predicted molar refractivity (Wildman–Crippen MR) is 56.3 cm³/mol. The summed E-state index contributed by atoms with van der Waals surface area (Å²) in [4.78, 5) is 10.9. The third kappa shape index (κ3) is 2.76. The molecule has 0 bridgehead atoms. The number of anilines is 1. The van der Waals surface area contributed by atoms with E-state index in [4.69, 9.17) is 5.11 Å². The molecular weight excluding hydrogens is 178 g/mol. The molecule has 0 heterocycles. The molecule has 3 nitrogen and oxygen atoms in total. The van der Waals surface area contributed by atoms with E-state index >= 15 is 0 Å². The van der Waals surface area contributed by atoms with Crippen molar-refractivity contribution >= 4 is 11.7 Å². The zero-order valence-electron chi connectivity index (χ0n) is 8.40. The summed E-state index contributed by atoms with van der Waals surface area (Å²) in [5.74, 6) is -0.753. The van der Waals surface area contributed by atoms with Gasteiger partial charge in [-0.25, -0.2) is 4.79 Å². The van der Waals surface area contributed by atoms with Crippen LogP contribution in [0.2, 0.25) is 0 Å². The molecule has 76 valence electrons. The van der Waals surface area contributed by atoms with Crippen LogP contribution in [-0.2, 0) is 4.79 Å². The predicted octanol–water partition coefficient (Wildman–Crippen LogP) is 2.21. The Balaban J connectivity index is 2.70. The Hall–Kier alpha value is -1.51. The summed E-state index contributed by atoms with van der Waals surface area (Å²) < 4.78 is 0. The number of hydrogen-bond donors (Lipinski definition) is 2. The van der Waals surface area contributed by atoms with Crippen LogP contribution >= 0.6 is 0 Å². The van der Waals surface area contributed by atoms with Crippen LogP contribution in [0.25, 0.3) is 0 Å². The summed E-state index contributed by atoms with van der Waals surface area (Å²) in [6.45, 7) is 3.77. The number of aliphatic carboxylic acids is 1. The highest BCUT2D eigenvalue weighted by Gasteiger charge is 2.20. The molecule has 3 heteroatoms. The average molecular weight is 193 g/mol. The van der Waals surface area contributed by atoms with E-state index < -0.39 is 12.0 Å². The first kappa shape index (κ1) is 10.6. The molecule has 0 radical (unpaired) electrons. The molecule has 0 fully saturated rings. The molecular formula is C11H15NO2. The summed E-state index contributed by atoms with van der Waals surface area (Å²) in [7, 11) is 0. The van der Waals surface area contributed by atoms with Crippen molar-refractivity contribution in [2.24, 2.45) is 5.92 Å². The van der Waals surface area contributed by atoms with Crippen molar-refractivity contribution in [1.82, 2.24) is 0 Å². The fourth-order valence-electron chi connectivity index (χ4n) is 1.23. The summed E-state index contributed by atoms with van der Waals surface area (Å²) >= 11 is 0. The molecule has 0 unspecified atom stereocenters. The van der Waals surface area contributed by atoms with Gasteiger partial charge in [0.25, 0.3) is 0 Å². The van der Waals surface area contributed by atoms with Crippen molar-refractivity contribution in [2.45, 2.75) is 19.9 Å². The second kappa shape index (κ2) is 4.65. The zero-order valence-corrected chi connectivity index (χ0v) is 8.40. The fourth-order valence-corrected chi connectivity index (χ4v) is 1.23. The Morgan fingerprint density at radius 1 is 1.29 bits per heavy atom. The minimum Gasteiger partial charge on any atom is -0.480 e. The third-order valence-electron chi connectivity index (χ3n) is 2.03. The van der Waals surface area contributed by atoms with Crippen LogP contribution in [0, 0.1) is 5.92 Å². The van der Waals surface area contributed by atoms with Crippen LogP contribution in [0.15, 0.2) is 30.3 Å². The molecule has 0 amide bonds. The number of para-hydroxylation sites is 1. The first-order valence-corrected chi connectivity index (χ1v) is 4.65. The van der Waals surface area contributed by atoms with Crippen molar-refractivity contribution in [1.29, 1.82) is 0 Å². The Kier molecular flexibility index (Phi) is 3.51. The Bertz CT molecular complexity index is 295. The molecule has 1 rings (SSSR count). The average Bonchev–Trinajstić information content (AvgIpc) is 2.15. The zero-order chi connectivity index (χ0) is 10.6. The highest BCUT2D eigenvalue weighted by Crippen LogP contribution is 2.12. The maximum absolute atomic E-state index is 10.9. The van der Waals surface area contributed by atoms with Gasteiger partial charge in [0, 0.05) is 5.69 Å². The van der Waals surface area contributed by atoms with Gasteiger partial charge < -0.3 is 10.4 Å². The van der Waals surface area contributed by atoms with E-state index in [1.54, 1.807) is 0 Å². The second-order valence-corrected chi connectivity index (χ2v) is 3.57. The molecule has 14 heavy (non-hydrogen) atoms. The van der Waals surface area contributed by atoms with Crippen molar-refractivity contribution in [3.63, 3.8) is 0 Å². The standard InChI is InChI=1S/C11H15NO2/c1-8(2)10(11(13)14)12-9-6-4-3-5-7-9/h3-8,10,12H,1-2H3,(H,13,14)/t10-/m1/s1. The maximum atomic E-state index is 10.9. The summed E-state index contributed by atoms with van der Waals surface area (Å²) in [6.07, 6.45) is 0. The fraction of sp³-hybridized carbons (Fsp3) is 0.364. The lowest BCUT2D eigenvalue weighted by molar-refractivity contribution is -0.138. The number of carbonyl (C=O) groups is 1. The summed E-state index contributed by atoms with van der Waals surface area (Å²) in [5.41, 5.74) is 0.841. The van der Waals surface area contributed by atoms with Crippen LogP contribution in [-0.4, -0.2) is 17.1 Å². The van der Waals surface area contributed by atoms with Gasteiger partial charge in [0.2, 0.25) is 0 Å². The van der Waals surface area contributed by atoms with Gasteiger partial charge in [0.15, 0.2) is 0 Å². The molecule has 1 aromatic rings. The van der Waals surface area contributed by atoms with Gasteiger partial charge in [0.05, 0.1) is 0 Å². The minimum atomic E-state index is -0.816. The molecule has 2 N–H and O–H groups in total. The molecule has 0 aromatic heterocycles. The van der Waals surface area contributed by atoms with Crippen LogP contribution in [0.3, 0.4) is 0 Å². The van der Waals surface area contributed by atoms with Crippen LogP contribution in [0.4, 0.5) is 5.69 Å². The maximum Gasteiger partial charge on any atom is 0.326 e. The van der Waals surface area contributed by atoms with Crippen LogP contribution in [0.5, 0.6) is 0 Å². The van der Waals surface area contributed by atoms with E-state index in [2.05, 4.69) is 5.32 Å². The van der Waals surface area contributed by atoms with E-state index in [-0.39, 0.29) is 5.92 Å². The van der Waals surface area contributed by atoms with Crippen molar-refractivity contribution in [2.75, 3.05) is 5.32 Å². The smallest absolute Gasteiger partial charge is 0.326 e. The molecule has 0 aliphatic heterocycles. The SMILES string of the molecule is CC(C)[C@@H](Nc1ccccc1)C(=O)O. The number of carboxylic acid groups (broad SMARTS) is 1. The van der Waals surface area contributed by atoms with Gasteiger partial charge in [-0.3, -0.25) is 0 Å². The second-order valence-electron chi connectivity index (χ2n) is 3.57. The van der Waals surface area contributed by atoms with Crippen LogP contribution < -0.4 is 5.32 Å². The normalized spacial score (nSPS) is 12.5. The lowest BCUT2D eigenvalue weighted by atomic mass is 10.0. The summed E-state index contributed by atoms with van der Waals surface area (Å²) in [5, 5.41) is 11.9. The number of benzene rings is 1. The molecule has 0 saturated heterocycles. The van der Waals surface area contributed by atoms with Gasteiger partial charge >= 0.3 is 5.97 Å². The molecule has 1 atom stereocenters. The third-order valence-corrected chi connectivity index (χ3v) is 2.03. The van der Waals surface area contributed by atoms with E-state index in [1.165, 1.54) is 0 Å². The number of rotatable bonds is 4. The largest absolute Gasteiger partial charge is 0.480 e. The molecule has 0 saturated carbocycles. The molecule has 0 aliphatic rings. The lowest BCUT2D eigenvalue weighted by Crippen LogP contribution is -2.34. The van der Waals surface area contributed by atoms with Crippen molar-refractivity contribution in [3.8, 4) is 0 Å². The lowest BCUT2D eigenvalue weighted by Gasteiger charge is -2.18. The van der Waals surface area contributed by atoms with E-state index in [0.29, 0.717) is 0 Å². The van der Waals surface area contributed by atoms with E-state index in [9.17, 15) is 4.79 Å². The van der Waals surface area contributed by atoms with E-state index in [0.717, 1.165) is 5.69 Å². The number of nitrogens with one attached hydrogen (secondary N) is 1. The van der Waals surface area contributed by atoms with Gasteiger partial charge in [-0.2, -0.15) is 0 Å². The Labute approximate surface area is 83.8 Å². The molecule has 1 aromatic carbocycles. The van der Waals surface area contributed by atoms with Gasteiger partial charge in [0.1, 0.15) is 6.04 Å².